The van der Waals surface area contributed by atoms with Gasteiger partial charge in [0.15, 0.2) is 11.5 Å². The zero-order valence-electron chi connectivity index (χ0n) is 19.5. The van der Waals surface area contributed by atoms with Crippen LogP contribution in [0.5, 0.6) is 0 Å². The number of rotatable bonds is 4. The highest BCUT2D eigenvalue weighted by Gasteiger charge is 2.31. The van der Waals surface area contributed by atoms with Gasteiger partial charge in [0, 0.05) is 18.7 Å². The van der Waals surface area contributed by atoms with Gasteiger partial charge < -0.3 is 16.4 Å². The molecule has 1 atom stereocenters. The molecule has 0 aliphatic carbocycles. The third-order valence-electron chi connectivity index (χ3n) is 6.36. The van der Waals surface area contributed by atoms with Gasteiger partial charge in [-0.2, -0.15) is 0 Å². The maximum Gasteiger partial charge on any atom is 0.335 e. The van der Waals surface area contributed by atoms with Crippen molar-refractivity contribution >= 4 is 28.8 Å². The van der Waals surface area contributed by atoms with Crippen molar-refractivity contribution in [1.82, 2.24) is 24.0 Å². The molecule has 180 valence electrons. The molecule has 1 unspecified atom stereocenters. The summed E-state index contributed by atoms with van der Waals surface area (Å²) in [6.07, 6.45) is 1.91. The van der Waals surface area contributed by atoms with E-state index < -0.39 is 5.91 Å². The van der Waals surface area contributed by atoms with Gasteiger partial charge in [0.1, 0.15) is 11.8 Å². The number of benzene rings is 2. The molecule has 3 heterocycles. The summed E-state index contributed by atoms with van der Waals surface area (Å²) in [5.41, 5.74) is 14.6. The Morgan fingerprint density at radius 2 is 1.83 bits per heavy atom. The van der Waals surface area contributed by atoms with E-state index in [-0.39, 0.29) is 23.5 Å². The number of carbonyl (C=O) groups excluding carboxylic acids is 2. The molecule has 36 heavy (non-hydrogen) atoms. The molecule has 1 aliphatic rings. The molecule has 2 aromatic carbocycles. The fourth-order valence-corrected chi connectivity index (χ4v) is 4.70. The van der Waals surface area contributed by atoms with Gasteiger partial charge >= 0.3 is 5.69 Å². The molecule has 1 saturated heterocycles. The molecular formula is C26H23N7O3. The topological polar surface area (TPSA) is 142 Å². The predicted octanol–water partition coefficient (Wildman–Crippen LogP) is 1.73. The lowest BCUT2D eigenvalue weighted by molar-refractivity contribution is -0.124. The summed E-state index contributed by atoms with van der Waals surface area (Å²) >= 11 is 0. The molecule has 2 aromatic heterocycles. The van der Waals surface area contributed by atoms with Gasteiger partial charge in [-0.25, -0.2) is 14.8 Å². The lowest BCUT2D eigenvalue weighted by atomic mass is 9.99. The minimum atomic E-state index is -0.520. The first-order valence-corrected chi connectivity index (χ1v) is 11.4. The van der Waals surface area contributed by atoms with Gasteiger partial charge in [0.05, 0.1) is 11.7 Å². The molecule has 10 heteroatoms. The molecule has 10 nitrogen and oxygen atoms in total. The molecule has 4 aromatic rings. The third kappa shape index (κ3) is 3.76. The molecule has 5 rings (SSSR count). The van der Waals surface area contributed by atoms with E-state index in [9.17, 15) is 14.4 Å². The van der Waals surface area contributed by atoms with Crippen molar-refractivity contribution in [3.05, 3.63) is 70.9 Å². The highest BCUT2D eigenvalue weighted by Crippen LogP contribution is 2.29. The number of likely N-dealkylation sites (tertiary alicyclic amines) is 1. The number of hydrogen-bond donors (Lipinski definition) is 2. The maximum atomic E-state index is 13.7. The van der Waals surface area contributed by atoms with E-state index in [0.29, 0.717) is 47.5 Å². The van der Waals surface area contributed by atoms with Gasteiger partial charge in [0.25, 0.3) is 5.91 Å². The van der Waals surface area contributed by atoms with Crippen LogP contribution in [0.25, 0.3) is 28.0 Å². The van der Waals surface area contributed by atoms with Crippen molar-refractivity contribution in [2.24, 2.45) is 5.73 Å². The number of nitrogens with zero attached hydrogens (tertiary/aromatic N) is 5. The summed E-state index contributed by atoms with van der Waals surface area (Å²) in [5.74, 6) is 4.56. The molecule has 0 saturated carbocycles. The fourth-order valence-electron chi connectivity index (χ4n) is 4.70. The monoisotopic (exact) mass is 481 g/mol. The smallest absolute Gasteiger partial charge is 0.335 e. The van der Waals surface area contributed by atoms with E-state index in [1.165, 1.54) is 10.9 Å². The Bertz CT molecular complexity index is 1620. The highest BCUT2D eigenvalue weighted by molar-refractivity contribution is 6.00. The van der Waals surface area contributed by atoms with Crippen LogP contribution in [0.1, 0.15) is 29.7 Å². The Labute approximate surface area is 206 Å². The SMILES string of the molecule is CC#CC(=O)N1CCC(n2c(=O)n(-c3ccc(-c4ccccc4C(N)=O)cc3)c3c(N)ncnc32)C1. The molecule has 1 fully saturated rings. The van der Waals surface area contributed by atoms with Crippen LogP contribution >= 0.6 is 0 Å². The average Bonchev–Trinajstić information content (AvgIpc) is 3.47. The van der Waals surface area contributed by atoms with Gasteiger partial charge in [-0.3, -0.25) is 18.7 Å². The van der Waals surface area contributed by atoms with Crippen LogP contribution in [-0.4, -0.2) is 48.9 Å². The standard InChI is InChI=1S/C26H23N7O3/c1-2-5-21(34)31-13-12-18(14-31)33-25-22(23(27)29-15-30-25)32(26(33)36)17-10-8-16(9-11-17)19-6-3-4-7-20(19)24(28)35/h3-4,6-11,15,18H,12-14H2,1H3,(H2,28,35)(H2,27,29,30). The fraction of sp³-hybridized carbons (Fsp3) is 0.192. The van der Waals surface area contributed by atoms with E-state index in [1.807, 2.05) is 24.3 Å². The number of carbonyl (C=O) groups is 2. The van der Waals surface area contributed by atoms with Crippen molar-refractivity contribution in [3.63, 3.8) is 0 Å². The Morgan fingerprint density at radius 3 is 2.56 bits per heavy atom. The molecule has 2 amide bonds. The number of aromatic nitrogens is 4. The van der Waals surface area contributed by atoms with Gasteiger partial charge in [-0.1, -0.05) is 36.3 Å². The molecule has 0 spiro atoms. The molecule has 1 aliphatic heterocycles. The van der Waals surface area contributed by atoms with Crippen molar-refractivity contribution in [1.29, 1.82) is 0 Å². The van der Waals surface area contributed by atoms with Gasteiger partial charge in [0.2, 0.25) is 5.91 Å². The highest BCUT2D eigenvalue weighted by atomic mass is 16.2. The number of imidazole rings is 1. The summed E-state index contributed by atoms with van der Waals surface area (Å²) < 4.78 is 3.06. The number of nitrogens with two attached hydrogens (primary N) is 2. The van der Waals surface area contributed by atoms with Gasteiger partial charge in [-0.15, -0.1) is 0 Å². The lowest BCUT2D eigenvalue weighted by Crippen LogP contribution is -2.31. The average molecular weight is 482 g/mol. The van der Waals surface area contributed by atoms with Crippen LogP contribution in [0.3, 0.4) is 0 Å². The molecular weight excluding hydrogens is 458 g/mol. The first-order chi connectivity index (χ1) is 17.4. The minimum absolute atomic E-state index is 0.168. The van der Waals surface area contributed by atoms with Gasteiger partial charge in [-0.05, 0) is 48.6 Å². The Balaban J connectivity index is 1.60. The van der Waals surface area contributed by atoms with Crippen LogP contribution in [0, 0.1) is 11.8 Å². The zero-order chi connectivity index (χ0) is 25.4. The predicted molar refractivity (Wildman–Crippen MR) is 135 cm³/mol. The first-order valence-electron chi connectivity index (χ1n) is 11.4. The lowest BCUT2D eigenvalue weighted by Gasteiger charge is -2.14. The summed E-state index contributed by atoms with van der Waals surface area (Å²) in [5, 5.41) is 0. The first kappa shape index (κ1) is 22.9. The second-order valence-corrected chi connectivity index (χ2v) is 8.44. The van der Waals surface area contributed by atoms with E-state index in [0.717, 1.165) is 5.56 Å². The van der Waals surface area contributed by atoms with Crippen molar-refractivity contribution in [2.45, 2.75) is 19.4 Å². The third-order valence-corrected chi connectivity index (χ3v) is 6.36. The van der Waals surface area contributed by atoms with Crippen molar-refractivity contribution in [3.8, 4) is 28.7 Å². The second kappa shape index (κ2) is 9.03. The number of anilines is 1. The van der Waals surface area contributed by atoms with Crippen LogP contribution in [0.15, 0.2) is 59.7 Å². The minimum Gasteiger partial charge on any atom is -0.382 e. The van der Waals surface area contributed by atoms with Crippen LogP contribution in [0.4, 0.5) is 5.82 Å². The molecule has 0 bridgehead atoms. The van der Waals surface area contributed by atoms with E-state index in [4.69, 9.17) is 11.5 Å². The zero-order valence-corrected chi connectivity index (χ0v) is 19.5. The van der Waals surface area contributed by atoms with E-state index in [2.05, 4.69) is 21.8 Å². The number of primary amides is 1. The number of amides is 2. The summed E-state index contributed by atoms with van der Waals surface area (Å²) in [4.78, 5) is 47.9. The summed E-state index contributed by atoms with van der Waals surface area (Å²) in [6.45, 7) is 2.45. The summed E-state index contributed by atoms with van der Waals surface area (Å²) in [6, 6.07) is 13.9. The Kier molecular flexibility index (Phi) is 5.74. The molecule has 4 N–H and O–H groups in total. The van der Waals surface area contributed by atoms with Crippen molar-refractivity contribution in [2.75, 3.05) is 18.8 Å². The largest absolute Gasteiger partial charge is 0.382 e. The molecule has 0 radical (unpaired) electrons. The normalized spacial score (nSPS) is 15.0. The van der Waals surface area contributed by atoms with E-state index >= 15 is 0 Å². The number of nitrogen functional groups attached to an aromatic ring is 1. The maximum absolute atomic E-state index is 13.7. The number of fused-ring (bicyclic) bond motifs is 1. The van der Waals surface area contributed by atoms with Crippen molar-refractivity contribution < 1.29 is 9.59 Å². The second-order valence-electron chi connectivity index (χ2n) is 8.44. The Hall–Kier alpha value is -4.91. The van der Waals surface area contributed by atoms with Crippen LogP contribution in [-0.2, 0) is 4.79 Å². The van der Waals surface area contributed by atoms with E-state index in [1.54, 1.807) is 40.7 Å². The quantitative estimate of drug-likeness (QED) is 0.425. The van der Waals surface area contributed by atoms with Crippen LogP contribution < -0.4 is 17.2 Å². The van der Waals surface area contributed by atoms with Crippen LogP contribution in [0.2, 0.25) is 0 Å². The summed E-state index contributed by atoms with van der Waals surface area (Å²) in [7, 11) is 0. The Morgan fingerprint density at radius 1 is 1.08 bits per heavy atom. The number of hydrogen-bond acceptors (Lipinski definition) is 6.